The van der Waals surface area contributed by atoms with E-state index in [-0.39, 0.29) is 5.54 Å². The first kappa shape index (κ1) is 11.4. The number of hydrogen-bond acceptors (Lipinski definition) is 2. The third kappa shape index (κ3) is 2.73. The summed E-state index contributed by atoms with van der Waals surface area (Å²) < 4.78 is 0. The Kier molecular flexibility index (Phi) is 2.85. The fourth-order valence-corrected chi connectivity index (χ4v) is 3.13. The molecule has 0 aromatic heterocycles. The molecule has 1 unspecified atom stereocenters. The quantitative estimate of drug-likeness (QED) is 0.751. The molecule has 1 N–H and O–H groups in total. The second kappa shape index (κ2) is 3.74. The molecule has 2 aliphatic carbocycles. The van der Waals surface area contributed by atoms with Gasteiger partial charge in [-0.05, 0) is 66.0 Å². The van der Waals surface area contributed by atoms with E-state index in [0.717, 1.165) is 17.9 Å². The van der Waals surface area contributed by atoms with Crippen LogP contribution < -0.4 is 5.32 Å². The molecule has 0 radical (unpaired) electrons. The summed E-state index contributed by atoms with van der Waals surface area (Å²) in [4.78, 5) is 2.41. The van der Waals surface area contributed by atoms with Crippen LogP contribution >= 0.6 is 0 Å². The van der Waals surface area contributed by atoms with Gasteiger partial charge in [0, 0.05) is 17.6 Å². The van der Waals surface area contributed by atoms with E-state index in [2.05, 4.69) is 45.1 Å². The maximum Gasteiger partial charge on any atom is 0.0246 e. The molecule has 0 aliphatic heterocycles. The highest BCUT2D eigenvalue weighted by molar-refractivity contribution is 5.02. The van der Waals surface area contributed by atoms with Crippen molar-refractivity contribution in [3.8, 4) is 0 Å². The van der Waals surface area contributed by atoms with E-state index in [1.54, 1.807) is 0 Å². The monoisotopic (exact) mass is 210 g/mol. The van der Waals surface area contributed by atoms with Crippen molar-refractivity contribution < 1.29 is 0 Å². The lowest BCUT2D eigenvalue weighted by Crippen LogP contribution is -2.55. The molecule has 0 amide bonds. The second-order valence-corrected chi connectivity index (χ2v) is 6.76. The van der Waals surface area contributed by atoms with Crippen molar-refractivity contribution in [1.29, 1.82) is 0 Å². The summed E-state index contributed by atoms with van der Waals surface area (Å²) in [5.74, 6) is 2.09. The van der Waals surface area contributed by atoms with Crippen LogP contribution in [0.15, 0.2) is 0 Å². The summed E-state index contributed by atoms with van der Waals surface area (Å²) in [7, 11) is 4.45. The molecule has 2 aliphatic rings. The van der Waals surface area contributed by atoms with Crippen LogP contribution in [0.3, 0.4) is 0 Å². The van der Waals surface area contributed by atoms with Crippen molar-refractivity contribution >= 4 is 0 Å². The summed E-state index contributed by atoms with van der Waals surface area (Å²) >= 11 is 0. The lowest BCUT2D eigenvalue weighted by Gasteiger charge is -2.40. The van der Waals surface area contributed by atoms with Gasteiger partial charge in [-0.3, -0.25) is 0 Å². The molecule has 0 bridgehead atoms. The maximum absolute atomic E-state index is 3.80. The van der Waals surface area contributed by atoms with Crippen molar-refractivity contribution in [2.45, 2.75) is 57.7 Å². The van der Waals surface area contributed by atoms with Gasteiger partial charge in [0.25, 0.3) is 0 Å². The lowest BCUT2D eigenvalue weighted by atomic mass is 9.88. The minimum Gasteiger partial charge on any atom is -0.308 e. The van der Waals surface area contributed by atoms with E-state index in [1.165, 1.54) is 19.3 Å². The number of likely N-dealkylation sites (N-methyl/N-ethyl adjacent to an activating group) is 1. The molecule has 2 saturated carbocycles. The van der Waals surface area contributed by atoms with Crippen LogP contribution in [-0.2, 0) is 0 Å². The fraction of sp³-hybridized carbons (Fsp3) is 1.00. The first-order valence-corrected chi connectivity index (χ1v) is 6.31. The Balaban J connectivity index is 1.99. The number of hydrogen-bond donors (Lipinski definition) is 1. The van der Waals surface area contributed by atoms with Gasteiger partial charge in [-0.1, -0.05) is 0 Å². The molecule has 2 fully saturated rings. The molecule has 0 spiro atoms. The Morgan fingerprint density at radius 1 is 1.00 bits per heavy atom. The Morgan fingerprint density at radius 3 is 2.13 bits per heavy atom. The maximum atomic E-state index is 3.80. The Morgan fingerprint density at radius 2 is 1.60 bits per heavy atom. The van der Waals surface area contributed by atoms with Crippen LogP contribution in [-0.4, -0.2) is 36.6 Å². The molecule has 15 heavy (non-hydrogen) atoms. The summed E-state index contributed by atoms with van der Waals surface area (Å²) in [5, 5.41) is 3.80. The zero-order chi connectivity index (χ0) is 11.2. The van der Waals surface area contributed by atoms with Gasteiger partial charge < -0.3 is 10.2 Å². The number of fused-ring (bicyclic) bond motifs is 1. The highest BCUT2D eigenvalue weighted by Crippen LogP contribution is 2.50. The minimum atomic E-state index is 0.251. The lowest BCUT2D eigenvalue weighted by molar-refractivity contribution is 0.150. The van der Waals surface area contributed by atoms with Crippen LogP contribution in [0.1, 0.15) is 40.0 Å². The summed E-state index contributed by atoms with van der Waals surface area (Å²) in [6.45, 7) is 6.83. The van der Waals surface area contributed by atoms with E-state index in [4.69, 9.17) is 0 Å². The SMILES string of the molecule is CN(C)[C@@H]1C[C@@H]2CC2C[C@H]1NC(C)(C)C. The molecular formula is C13H26N2. The van der Waals surface area contributed by atoms with Gasteiger partial charge in [0.1, 0.15) is 0 Å². The van der Waals surface area contributed by atoms with Crippen LogP contribution in [0.5, 0.6) is 0 Å². The molecule has 2 nitrogen and oxygen atoms in total. The molecule has 2 rings (SSSR count). The van der Waals surface area contributed by atoms with Crippen molar-refractivity contribution in [1.82, 2.24) is 10.2 Å². The average Bonchev–Trinajstić information content (AvgIpc) is 2.76. The Hall–Kier alpha value is -0.0800. The standard InChI is InChI=1S/C13H26N2/c1-13(2,3)14-11-7-9-6-10(9)8-12(11)15(4)5/h9-12,14H,6-8H2,1-5H3/t9?,10-,11+,12+/m0/s1. The van der Waals surface area contributed by atoms with E-state index in [0.29, 0.717) is 6.04 Å². The smallest absolute Gasteiger partial charge is 0.0246 e. The first-order valence-electron chi connectivity index (χ1n) is 6.31. The van der Waals surface area contributed by atoms with Gasteiger partial charge in [-0.15, -0.1) is 0 Å². The van der Waals surface area contributed by atoms with Crippen molar-refractivity contribution in [3.05, 3.63) is 0 Å². The highest BCUT2D eigenvalue weighted by Gasteiger charge is 2.47. The van der Waals surface area contributed by atoms with E-state index in [1.807, 2.05) is 0 Å². The van der Waals surface area contributed by atoms with Crippen LogP contribution in [0.25, 0.3) is 0 Å². The molecule has 0 heterocycles. The molecule has 0 aromatic carbocycles. The first-order chi connectivity index (χ1) is 6.87. The van der Waals surface area contributed by atoms with Gasteiger partial charge in [-0.25, -0.2) is 0 Å². The topological polar surface area (TPSA) is 15.3 Å². The van der Waals surface area contributed by atoms with Crippen molar-refractivity contribution in [3.63, 3.8) is 0 Å². The minimum absolute atomic E-state index is 0.251. The van der Waals surface area contributed by atoms with E-state index in [9.17, 15) is 0 Å². The Bertz CT molecular complexity index is 229. The van der Waals surface area contributed by atoms with Gasteiger partial charge in [0.05, 0.1) is 0 Å². The summed E-state index contributed by atoms with van der Waals surface area (Å²) in [6.07, 6.45) is 4.29. The number of nitrogens with zero attached hydrogens (tertiary/aromatic N) is 1. The van der Waals surface area contributed by atoms with Crippen molar-refractivity contribution in [2.24, 2.45) is 11.8 Å². The van der Waals surface area contributed by atoms with E-state index >= 15 is 0 Å². The second-order valence-electron chi connectivity index (χ2n) is 6.76. The third-order valence-electron chi connectivity index (χ3n) is 3.92. The average molecular weight is 210 g/mol. The summed E-state index contributed by atoms with van der Waals surface area (Å²) in [5.41, 5.74) is 0.251. The zero-order valence-electron chi connectivity index (χ0n) is 10.9. The predicted octanol–water partition coefficient (Wildman–Crippen LogP) is 2.10. The molecule has 2 heteroatoms. The fourth-order valence-electron chi connectivity index (χ4n) is 3.13. The van der Waals surface area contributed by atoms with Crippen molar-refractivity contribution in [2.75, 3.05) is 14.1 Å². The normalized spacial score (nSPS) is 40.4. The predicted molar refractivity (Wildman–Crippen MR) is 65.0 cm³/mol. The van der Waals surface area contributed by atoms with Gasteiger partial charge in [0.2, 0.25) is 0 Å². The van der Waals surface area contributed by atoms with Crippen LogP contribution in [0.2, 0.25) is 0 Å². The largest absolute Gasteiger partial charge is 0.308 e. The third-order valence-corrected chi connectivity index (χ3v) is 3.92. The number of nitrogens with one attached hydrogen (secondary N) is 1. The molecule has 88 valence electrons. The molecule has 0 aromatic rings. The van der Waals surface area contributed by atoms with Crippen LogP contribution in [0, 0.1) is 11.8 Å². The van der Waals surface area contributed by atoms with Gasteiger partial charge >= 0.3 is 0 Å². The Labute approximate surface area is 94.4 Å². The number of rotatable bonds is 2. The van der Waals surface area contributed by atoms with Gasteiger partial charge in [0.15, 0.2) is 0 Å². The van der Waals surface area contributed by atoms with Gasteiger partial charge in [-0.2, -0.15) is 0 Å². The van der Waals surface area contributed by atoms with Crippen LogP contribution in [0.4, 0.5) is 0 Å². The molecule has 4 atom stereocenters. The van der Waals surface area contributed by atoms with E-state index < -0.39 is 0 Å². The molecular weight excluding hydrogens is 184 g/mol. The highest BCUT2D eigenvalue weighted by atomic mass is 15.2. The zero-order valence-corrected chi connectivity index (χ0v) is 10.9. The molecule has 0 saturated heterocycles. The summed E-state index contributed by atoms with van der Waals surface area (Å²) in [6, 6.07) is 1.44.